The number of hydrogen-bond donors (Lipinski definition) is 1. The second-order valence-electron chi connectivity index (χ2n) is 5.45. The van der Waals surface area contributed by atoms with Gasteiger partial charge in [-0.1, -0.05) is 56.0 Å². The number of rotatable bonds is 2. The molecule has 2 rings (SSSR count). The van der Waals surface area contributed by atoms with Gasteiger partial charge in [0.15, 0.2) is 0 Å². The molecule has 0 aliphatic heterocycles. The van der Waals surface area contributed by atoms with E-state index in [-0.39, 0.29) is 11.9 Å². The van der Waals surface area contributed by atoms with Crippen molar-refractivity contribution in [2.24, 2.45) is 11.8 Å². The molecule has 1 N–H and O–H groups in total. The Morgan fingerprint density at radius 1 is 1.26 bits per heavy atom. The molecule has 104 valence electrons. The molecule has 1 aromatic rings. The Bertz CT molecular complexity index is 475. The number of benzene rings is 1. The molecule has 0 bridgehead atoms. The van der Waals surface area contributed by atoms with Gasteiger partial charge in [0.05, 0.1) is 15.6 Å². The van der Waals surface area contributed by atoms with Crippen molar-refractivity contribution in [3.63, 3.8) is 0 Å². The standard InChI is InChI=1S/C15H19Cl2NO/c1-9-5-3-8-13(10(9)2)18-15(19)11-6-4-7-12(16)14(11)17/h4,6-7,9-10,13H,3,5,8H2,1-2H3,(H,18,19). The van der Waals surface area contributed by atoms with Gasteiger partial charge in [0.25, 0.3) is 5.91 Å². The highest BCUT2D eigenvalue weighted by molar-refractivity contribution is 6.43. The second-order valence-corrected chi connectivity index (χ2v) is 6.23. The number of amides is 1. The number of halogens is 2. The summed E-state index contributed by atoms with van der Waals surface area (Å²) in [5.74, 6) is 1.02. The van der Waals surface area contributed by atoms with Crippen LogP contribution >= 0.6 is 23.2 Å². The molecule has 0 radical (unpaired) electrons. The van der Waals surface area contributed by atoms with Gasteiger partial charge in [-0.25, -0.2) is 0 Å². The topological polar surface area (TPSA) is 29.1 Å². The fourth-order valence-electron chi connectivity index (χ4n) is 2.71. The van der Waals surface area contributed by atoms with E-state index in [2.05, 4.69) is 19.2 Å². The van der Waals surface area contributed by atoms with E-state index in [0.717, 1.165) is 6.42 Å². The van der Waals surface area contributed by atoms with E-state index in [1.54, 1.807) is 18.2 Å². The molecule has 1 aromatic carbocycles. The van der Waals surface area contributed by atoms with Gasteiger partial charge < -0.3 is 5.32 Å². The molecular weight excluding hydrogens is 281 g/mol. The quantitative estimate of drug-likeness (QED) is 0.853. The first kappa shape index (κ1) is 14.7. The van der Waals surface area contributed by atoms with Crippen molar-refractivity contribution in [3.05, 3.63) is 33.8 Å². The van der Waals surface area contributed by atoms with Crippen molar-refractivity contribution < 1.29 is 4.79 Å². The van der Waals surface area contributed by atoms with Gasteiger partial charge in [-0.05, 0) is 30.4 Å². The van der Waals surface area contributed by atoms with Crippen LogP contribution in [0.15, 0.2) is 18.2 Å². The fourth-order valence-corrected chi connectivity index (χ4v) is 3.10. The zero-order valence-corrected chi connectivity index (χ0v) is 12.8. The maximum atomic E-state index is 12.3. The third kappa shape index (κ3) is 3.24. The second kappa shape index (κ2) is 6.15. The maximum absolute atomic E-state index is 12.3. The van der Waals surface area contributed by atoms with Crippen LogP contribution in [0.3, 0.4) is 0 Å². The van der Waals surface area contributed by atoms with Crippen LogP contribution in [0, 0.1) is 11.8 Å². The molecule has 1 aliphatic rings. The molecule has 0 aromatic heterocycles. The van der Waals surface area contributed by atoms with Gasteiger partial charge in [0, 0.05) is 6.04 Å². The summed E-state index contributed by atoms with van der Waals surface area (Å²) in [5, 5.41) is 3.85. The predicted molar refractivity (Wildman–Crippen MR) is 79.9 cm³/mol. The molecule has 2 nitrogen and oxygen atoms in total. The van der Waals surface area contributed by atoms with E-state index in [9.17, 15) is 4.79 Å². The Morgan fingerprint density at radius 2 is 2.00 bits per heavy atom. The van der Waals surface area contributed by atoms with Crippen molar-refractivity contribution in [1.29, 1.82) is 0 Å². The first-order valence-corrected chi connectivity index (χ1v) is 7.51. The van der Waals surface area contributed by atoms with E-state index < -0.39 is 0 Å². The van der Waals surface area contributed by atoms with Crippen LogP contribution in [0.1, 0.15) is 43.5 Å². The van der Waals surface area contributed by atoms with Gasteiger partial charge in [-0.2, -0.15) is 0 Å². The molecule has 1 saturated carbocycles. The SMILES string of the molecule is CC1CCCC(NC(=O)c2cccc(Cl)c2Cl)C1C. The average Bonchev–Trinajstić information content (AvgIpc) is 2.38. The Morgan fingerprint density at radius 3 is 2.74 bits per heavy atom. The summed E-state index contributed by atoms with van der Waals surface area (Å²) in [4.78, 5) is 12.3. The van der Waals surface area contributed by atoms with Crippen molar-refractivity contribution in [1.82, 2.24) is 5.32 Å². The first-order chi connectivity index (χ1) is 9.00. The Hall–Kier alpha value is -0.730. The van der Waals surface area contributed by atoms with Crippen LogP contribution in [-0.2, 0) is 0 Å². The van der Waals surface area contributed by atoms with Gasteiger partial charge in [0.1, 0.15) is 0 Å². The summed E-state index contributed by atoms with van der Waals surface area (Å²) >= 11 is 12.0. The third-order valence-electron chi connectivity index (χ3n) is 4.22. The fraction of sp³-hybridized carbons (Fsp3) is 0.533. The minimum atomic E-state index is -0.126. The van der Waals surface area contributed by atoms with Crippen LogP contribution in [0.2, 0.25) is 10.0 Å². The maximum Gasteiger partial charge on any atom is 0.253 e. The highest BCUT2D eigenvalue weighted by Crippen LogP contribution is 2.30. The lowest BCUT2D eigenvalue weighted by Crippen LogP contribution is -2.43. The minimum Gasteiger partial charge on any atom is -0.349 e. The summed E-state index contributed by atoms with van der Waals surface area (Å²) in [7, 11) is 0. The van der Waals surface area contributed by atoms with E-state index in [1.807, 2.05) is 0 Å². The number of carbonyl (C=O) groups excluding carboxylic acids is 1. The van der Waals surface area contributed by atoms with Crippen molar-refractivity contribution >= 4 is 29.1 Å². The molecule has 3 unspecified atom stereocenters. The molecule has 0 heterocycles. The highest BCUT2D eigenvalue weighted by Gasteiger charge is 2.28. The van der Waals surface area contributed by atoms with Crippen LogP contribution in [0.4, 0.5) is 0 Å². The van der Waals surface area contributed by atoms with Gasteiger partial charge >= 0.3 is 0 Å². The molecule has 19 heavy (non-hydrogen) atoms. The lowest BCUT2D eigenvalue weighted by atomic mass is 9.78. The molecule has 1 fully saturated rings. The van der Waals surface area contributed by atoms with Crippen LogP contribution in [-0.4, -0.2) is 11.9 Å². The number of hydrogen-bond acceptors (Lipinski definition) is 1. The van der Waals surface area contributed by atoms with E-state index in [1.165, 1.54) is 12.8 Å². The van der Waals surface area contributed by atoms with Gasteiger partial charge in [-0.3, -0.25) is 4.79 Å². The monoisotopic (exact) mass is 299 g/mol. The normalized spacial score (nSPS) is 27.1. The molecule has 1 aliphatic carbocycles. The average molecular weight is 300 g/mol. The van der Waals surface area contributed by atoms with Gasteiger partial charge in [-0.15, -0.1) is 0 Å². The molecule has 1 amide bonds. The zero-order valence-electron chi connectivity index (χ0n) is 11.2. The summed E-state index contributed by atoms with van der Waals surface area (Å²) in [6.45, 7) is 4.45. The van der Waals surface area contributed by atoms with Crippen molar-refractivity contribution in [2.45, 2.75) is 39.2 Å². The highest BCUT2D eigenvalue weighted by atomic mass is 35.5. The lowest BCUT2D eigenvalue weighted by Gasteiger charge is -2.34. The summed E-state index contributed by atoms with van der Waals surface area (Å²) in [6.07, 6.45) is 3.45. The summed E-state index contributed by atoms with van der Waals surface area (Å²) in [6, 6.07) is 5.37. The number of nitrogens with one attached hydrogen (secondary N) is 1. The Balaban J connectivity index is 2.10. The minimum absolute atomic E-state index is 0.126. The van der Waals surface area contributed by atoms with Crippen LogP contribution in [0.25, 0.3) is 0 Å². The molecule has 3 atom stereocenters. The summed E-state index contributed by atoms with van der Waals surface area (Å²) < 4.78 is 0. The third-order valence-corrected chi connectivity index (χ3v) is 5.04. The Labute approximate surface area is 124 Å². The number of carbonyl (C=O) groups is 1. The van der Waals surface area contributed by atoms with E-state index >= 15 is 0 Å². The van der Waals surface area contributed by atoms with E-state index in [4.69, 9.17) is 23.2 Å². The zero-order chi connectivity index (χ0) is 14.0. The lowest BCUT2D eigenvalue weighted by molar-refractivity contribution is 0.0891. The predicted octanol–water partition coefficient (Wildman–Crippen LogP) is 4.55. The molecule has 0 saturated heterocycles. The van der Waals surface area contributed by atoms with Gasteiger partial charge in [0.2, 0.25) is 0 Å². The van der Waals surface area contributed by atoms with Crippen LogP contribution in [0.5, 0.6) is 0 Å². The van der Waals surface area contributed by atoms with Crippen molar-refractivity contribution in [3.8, 4) is 0 Å². The van der Waals surface area contributed by atoms with Crippen LogP contribution < -0.4 is 5.32 Å². The molecular formula is C15H19Cl2NO. The van der Waals surface area contributed by atoms with Crippen molar-refractivity contribution in [2.75, 3.05) is 0 Å². The first-order valence-electron chi connectivity index (χ1n) is 6.75. The molecule has 4 heteroatoms. The van der Waals surface area contributed by atoms with E-state index in [0.29, 0.717) is 27.4 Å². The Kier molecular flexibility index (Phi) is 4.75. The largest absolute Gasteiger partial charge is 0.349 e. The molecule has 0 spiro atoms. The smallest absolute Gasteiger partial charge is 0.253 e. The summed E-state index contributed by atoms with van der Waals surface area (Å²) in [5.41, 5.74) is 0.458.